The molecule has 0 unspecified atom stereocenters. The van der Waals surface area contributed by atoms with Crippen molar-refractivity contribution in [2.24, 2.45) is 0 Å². The molecule has 1 saturated heterocycles. The van der Waals surface area contributed by atoms with Crippen LogP contribution in [0.25, 0.3) is 5.57 Å². The van der Waals surface area contributed by atoms with Crippen molar-refractivity contribution in [2.75, 3.05) is 31.1 Å². The molecular weight excluding hydrogens is 402 g/mol. The van der Waals surface area contributed by atoms with Gasteiger partial charge in [0.25, 0.3) is 0 Å². The molecule has 0 bridgehead atoms. The van der Waals surface area contributed by atoms with Crippen molar-refractivity contribution in [1.82, 2.24) is 10.2 Å². The van der Waals surface area contributed by atoms with Crippen molar-refractivity contribution in [3.63, 3.8) is 0 Å². The number of benzene rings is 1. The van der Waals surface area contributed by atoms with E-state index in [0.29, 0.717) is 18.8 Å². The van der Waals surface area contributed by atoms with Crippen LogP contribution in [-0.2, 0) is 14.3 Å². The van der Waals surface area contributed by atoms with Crippen molar-refractivity contribution in [1.29, 1.82) is 0 Å². The van der Waals surface area contributed by atoms with E-state index in [1.165, 1.54) is 16.7 Å². The lowest BCUT2D eigenvalue weighted by Crippen LogP contribution is -2.41. The fraction of sp³-hybridized carbons (Fsp3) is 0.500. The highest BCUT2D eigenvalue weighted by Gasteiger charge is 2.34. The van der Waals surface area contributed by atoms with Crippen LogP contribution in [-0.4, -0.2) is 72.1 Å². The number of anilines is 1. The summed E-state index contributed by atoms with van der Waals surface area (Å²) in [7, 11) is 0. The lowest BCUT2D eigenvalue weighted by Gasteiger charge is -2.27. The Hall–Kier alpha value is -3.07. The molecule has 1 aromatic rings. The maximum Gasteiger partial charge on any atom is 0.414 e. The molecule has 0 aromatic heterocycles. The number of carbonyl (C=O) groups excluding carboxylic acids is 3. The van der Waals surface area contributed by atoms with Gasteiger partial charge in [0, 0.05) is 12.6 Å². The first-order chi connectivity index (χ1) is 14.6. The van der Waals surface area contributed by atoms with Crippen molar-refractivity contribution in [3.05, 3.63) is 35.9 Å². The van der Waals surface area contributed by atoms with Crippen molar-refractivity contribution in [3.8, 4) is 0 Å². The van der Waals surface area contributed by atoms with Crippen LogP contribution in [0.5, 0.6) is 0 Å². The summed E-state index contributed by atoms with van der Waals surface area (Å²) in [6.07, 6.45) is 0.521. The third-order valence-corrected chi connectivity index (χ3v) is 4.95. The number of aliphatic hydroxyl groups excluding tert-OH is 1. The second kappa shape index (κ2) is 8.97. The maximum absolute atomic E-state index is 12.5. The molecule has 3 rings (SSSR count). The zero-order valence-corrected chi connectivity index (χ0v) is 18.3. The number of nitrogens with one attached hydrogen (secondary N) is 1. The Bertz CT molecular complexity index is 874. The van der Waals surface area contributed by atoms with E-state index in [9.17, 15) is 19.5 Å². The Morgan fingerprint density at radius 1 is 1.26 bits per heavy atom. The van der Waals surface area contributed by atoms with E-state index in [2.05, 4.69) is 5.32 Å². The van der Waals surface area contributed by atoms with Crippen LogP contribution in [0, 0.1) is 0 Å². The van der Waals surface area contributed by atoms with Gasteiger partial charge in [0.2, 0.25) is 5.91 Å². The van der Waals surface area contributed by atoms with Crippen LogP contribution < -0.4 is 10.2 Å². The molecule has 3 amide bonds. The minimum Gasteiger partial charge on any atom is -0.444 e. The molecule has 2 N–H and O–H groups in total. The number of hydrogen-bond donors (Lipinski definition) is 2. The minimum atomic E-state index is -0.621. The zero-order valence-electron chi connectivity index (χ0n) is 18.3. The molecule has 1 aromatic carbocycles. The lowest BCUT2D eigenvalue weighted by molar-refractivity contribution is -0.119. The summed E-state index contributed by atoms with van der Waals surface area (Å²) in [6.45, 7) is 7.55. The minimum absolute atomic E-state index is 0.176. The van der Waals surface area contributed by atoms with Gasteiger partial charge in [0.15, 0.2) is 0 Å². The summed E-state index contributed by atoms with van der Waals surface area (Å²) in [5.74, 6) is -0.176. The van der Waals surface area contributed by atoms with Gasteiger partial charge in [-0.15, -0.1) is 0 Å². The van der Waals surface area contributed by atoms with Gasteiger partial charge in [0.1, 0.15) is 11.7 Å². The van der Waals surface area contributed by atoms with E-state index in [0.717, 1.165) is 11.1 Å². The first-order valence-electron chi connectivity index (χ1n) is 10.2. The number of rotatable bonds is 5. The van der Waals surface area contributed by atoms with Gasteiger partial charge in [-0.05, 0) is 44.0 Å². The first-order valence-corrected chi connectivity index (χ1v) is 10.2. The Balaban J connectivity index is 1.67. The molecule has 9 heteroatoms. The largest absolute Gasteiger partial charge is 0.444 e. The van der Waals surface area contributed by atoms with E-state index >= 15 is 0 Å². The molecule has 2 aliphatic rings. The third-order valence-electron chi connectivity index (χ3n) is 4.95. The van der Waals surface area contributed by atoms with Gasteiger partial charge >= 0.3 is 12.2 Å². The Morgan fingerprint density at radius 2 is 1.94 bits per heavy atom. The van der Waals surface area contributed by atoms with Crippen molar-refractivity contribution in [2.45, 2.75) is 45.4 Å². The second-order valence-corrected chi connectivity index (χ2v) is 8.65. The molecule has 168 valence electrons. The van der Waals surface area contributed by atoms with Gasteiger partial charge in [0.05, 0.1) is 32.3 Å². The van der Waals surface area contributed by atoms with Gasteiger partial charge in [-0.2, -0.15) is 0 Å². The standard InChI is InChI=1S/C22H29N3O6/c1-14(27)23-10-19-12-25(20(28)30-19)17-7-5-15(6-8-17)16-9-18(13-26)24(11-16)21(29)31-22(2,3)4/h5-9,18-19,26H,10-13H2,1-4H3,(H,23,27)/t18-,19-/m0/s1. The molecule has 0 radical (unpaired) electrons. The average molecular weight is 431 g/mol. The lowest BCUT2D eigenvalue weighted by atomic mass is 10.1. The molecular formula is C22H29N3O6. The maximum atomic E-state index is 12.5. The molecule has 0 aliphatic carbocycles. The highest BCUT2D eigenvalue weighted by atomic mass is 16.6. The fourth-order valence-electron chi connectivity index (χ4n) is 3.49. The summed E-state index contributed by atoms with van der Waals surface area (Å²) >= 11 is 0. The SMILES string of the molecule is CC(=O)NC[C@H]1CN(c2ccc(C3=C[C@@H](CO)N(C(=O)OC(C)(C)C)C3)cc2)C(=O)O1. The third kappa shape index (κ3) is 5.55. The monoisotopic (exact) mass is 431 g/mol. The Kier molecular flexibility index (Phi) is 6.54. The fourth-order valence-corrected chi connectivity index (χ4v) is 3.49. The predicted octanol–water partition coefficient (Wildman–Crippen LogP) is 2.14. The van der Waals surface area contributed by atoms with E-state index in [-0.39, 0.29) is 19.1 Å². The van der Waals surface area contributed by atoms with Crippen LogP contribution in [0.2, 0.25) is 0 Å². The Morgan fingerprint density at radius 3 is 2.52 bits per heavy atom. The summed E-state index contributed by atoms with van der Waals surface area (Å²) in [6, 6.07) is 6.89. The van der Waals surface area contributed by atoms with Gasteiger partial charge in [-0.1, -0.05) is 18.2 Å². The number of ether oxygens (including phenoxy) is 2. The summed E-state index contributed by atoms with van der Waals surface area (Å²) < 4.78 is 10.7. The molecule has 31 heavy (non-hydrogen) atoms. The van der Waals surface area contributed by atoms with Crippen LogP contribution in [0.4, 0.5) is 15.3 Å². The second-order valence-electron chi connectivity index (χ2n) is 8.65. The first kappa shape index (κ1) is 22.6. The number of aliphatic hydroxyl groups is 1. The molecule has 9 nitrogen and oxygen atoms in total. The number of amides is 3. The van der Waals surface area contributed by atoms with Gasteiger partial charge in [-0.3, -0.25) is 14.6 Å². The van der Waals surface area contributed by atoms with Crippen LogP contribution in [0.1, 0.15) is 33.3 Å². The van der Waals surface area contributed by atoms with Crippen LogP contribution >= 0.6 is 0 Å². The van der Waals surface area contributed by atoms with E-state index in [1.54, 1.807) is 20.8 Å². The van der Waals surface area contributed by atoms with Gasteiger partial charge < -0.3 is 19.9 Å². The van der Waals surface area contributed by atoms with Gasteiger partial charge in [-0.25, -0.2) is 9.59 Å². The van der Waals surface area contributed by atoms with E-state index in [1.807, 2.05) is 30.3 Å². The average Bonchev–Trinajstić information content (AvgIpc) is 3.29. The van der Waals surface area contributed by atoms with Crippen molar-refractivity contribution >= 4 is 29.4 Å². The molecule has 0 saturated carbocycles. The molecule has 2 aliphatic heterocycles. The highest BCUT2D eigenvalue weighted by Crippen LogP contribution is 2.29. The number of carbonyl (C=O) groups is 3. The van der Waals surface area contributed by atoms with E-state index < -0.39 is 29.9 Å². The molecule has 0 spiro atoms. The van der Waals surface area contributed by atoms with Crippen LogP contribution in [0.15, 0.2) is 30.3 Å². The topological polar surface area (TPSA) is 108 Å². The smallest absolute Gasteiger partial charge is 0.414 e. The van der Waals surface area contributed by atoms with E-state index in [4.69, 9.17) is 9.47 Å². The highest BCUT2D eigenvalue weighted by molar-refractivity contribution is 5.90. The van der Waals surface area contributed by atoms with Crippen molar-refractivity contribution < 1.29 is 29.0 Å². The predicted molar refractivity (Wildman–Crippen MR) is 115 cm³/mol. The summed E-state index contributed by atoms with van der Waals surface area (Å²) in [5.41, 5.74) is 1.84. The number of cyclic esters (lactones) is 1. The normalized spacial score (nSPS) is 21.1. The molecule has 2 heterocycles. The summed E-state index contributed by atoms with van der Waals surface area (Å²) in [4.78, 5) is 38.7. The van der Waals surface area contributed by atoms with Crippen LogP contribution in [0.3, 0.4) is 0 Å². The quantitative estimate of drug-likeness (QED) is 0.740. The molecule has 2 atom stereocenters. The number of hydrogen-bond acceptors (Lipinski definition) is 6. The molecule has 1 fully saturated rings. The Labute approximate surface area is 181 Å². The zero-order chi connectivity index (χ0) is 22.8. The number of nitrogens with zero attached hydrogens (tertiary/aromatic N) is 2. The summed E-state index contributed by atoms with van der Waals surface area (Å²) in [5, 5.41) is 12.3.